The van der Waals surface area contributed by atoms with Gasteiger partial charge in [-0.2, -0.15) is 4.72 Å². The molecule has 174 valence electrons. The summed E-state index contributed by atoms with van der Waals surface area (Å²) in [7, 11) is -3.93. The van der Waals surface area contributed by atoms with Crippen LogP contribution in [-0.4, -0.2) is 43.7 Å². The SMILES string of the molecule is CC(C)(C)OC(=O)[C@H](Cc1ccc(OCCCC(=O)O)cc1)NS(=O)(=O)c1ccccc1. The van der Waals surface area contributed by atoms with Gasteiger partial charge in [0.05, 0.1) is 11.5 Å². The van der Waals surface area contributed by atoms with E-state index >= 15 is 0 Å². The number of sulfonamides is 1. The first kappa shape index (κ1) is 25.4. The number of esters is 1. The first-order valence-corrected chi connectivity index (χ1v) is 11.7. The van der Waals surface area contributed by atoms with Crippen molar-refractivity contribution in [3.8, 4) is 5.75 Å². The van der Waals surface area contributed by atoms with Gasteiger partial charge in [0.25, 0.3) is 0 Å². The van der Waals surface area contributed by atoms with Gasteiger partial charge in [0, 0.05) is 6.42 Å². The van der Waals surface area contributed by atoms with Gasteiger partial charge in [-0.15, -0.1) is 0 Å². The Balaban J connectivity index is 2.12. The third-order valence-corrected chi connectivity index (χ3v) is 5.70. The molecule has 0 spiro atoms. The smallest absolute Gasteiger partial charge is 0.325 e. The van der Waals surface area contributed by atoms with Crippen molar-refractivity contribution >= 4 is 22.0 Å². The number of carboxylic acids is 1. The molecule has 32 heavy (non-hydrogen) atoms. The monoisotopic (exact) mass is 463 g/mol. The molecule has 2 rings (SSSR count). The van der Waals surface area contributed by atoms with Crippen LogP contribution in [-0.2, 0) is 30.8 Å². The summed E-state index contributed by atoms with van der Waals surface area (Å²) in [4.78, 5) is 23.3. The summed E-state index contributed by atoms with van der Waals surface area (Å²) in [6.07, 6.45) is 0.497. The Labute approximate surface area is 188 Å². The van der Waals surface area contributed by atoms with Crippen LogP contribution in [0.2, 0.25) is 0 Å². The van der Waals surface area contributed by atoms with E-state index in [0.717, 1.165) is 0 Å². The second-order valence-corrected chi connectivity index (χ2v) is 9.93. The molecule has 0 radical (unpaired) electrons. The van der Waals surface area contributed by atoms with Gasteiger partial charge in [0.15, 0.2) is 0 Å². The Morgan fingerprint density at radius 2 is 1.66 bits per heavy atom. The maximum Gasteiger partial charge on any atom is 0.325 e. The van der Waals surface area contributed by atoms with E-state index < -0.39 is 33.6 Å². The van der Waals surface area contributed by atoms with Crippen molar-refractivity contribution in [3.63, 3.8) is 0 Å². The highest BCUT2D eigenvalue weighted by atomic mass is 32.2. The minimum atomic E-state index is -3.93. The van der Waals surface area contributed by atoms with Crippen LogP contribution >= 0.6 is 0 Å². The number of nitrogens with one attached hydrogen (secondary N) is 1. The lowest BCUT2D eigenvalue weighted by Gasteiger charge is -2.24. The lowest BCUT2D eigenvalue weighted by atomic mass is 10.1. The summed E-state index contributed by atoms with van der Waals surface area (Å²) in [5.74, 6) is -1.00. The third-order valence-electron chi connectivity index (χ3n) is 4.21. The summed E-state index contributed by atoms with van der Waals surface area (Å²) in [6, 6.07) is 13.5. The van der Waals surface area contributed by atoms with Crippen LogP contribution in [0.15, 0.2) is 59.5 Å². The largest absolute Gasteiger partial charge is 0.494 e. The second-order valence-electron chi connectivity index (χ2n) is 8.21. The van der Waals surface area contributed by atoms with E-state index in [1.807, 2.05) is 0 Å². The maximum atomic E-state index is 12.8. The van der Waals surface area contributed by atoms with E-state index in [0.29, 0.717) is 17.7 Å². The number of carbonyl (C=O) groups is 2. The zero-order valence-corrected chi connectivity index (χ0v) is 19.2. The van der Waals surface area contributed by atoms with Crippen molar-refractivity contribution in [3.05, 3.63) is 60.2 Å². The van der Waals surface area contributed by atoms with Gasteiger partial charge in [-0.05, 0) is 63.4 Å². The van der Waals surface area contributed by atoms with Crippen LogP contribution in [0.1, 0.15) is 39.2 Å². The Hall–Kier alpha value is -2.91. The highest BCUT2D eigenvalue weighted by molar-refractivity contribution is 7.89. The summed E-state index contributed by atoms with van der Waals surface area (Å²) in [6.45, 7) is 5.40. The lowest BCUT2D eigenvalue weighted by Crippen LogP contribution is -2.45. The molecule has 0 aliphatic carbocycles. The number of rotatable bonds is 11. The van der Waals surface area contributed by atoms with Crippen LogP contribution in [0.4, 0.5) is 0 Å². The zero-order valence-electron chi connectivity index (χ0n) is 18.4. The molecule has 0 aliphatic rings. The van der Waals surface area contributed by atoms with Gasteiger partial charge in [0.1, 0.15) is 17.4 Å². The second kappa shape index (κ2) is 11.1. The number of benzene rings is 2. The van der Waals surface area contributed by atoms with Gasteiger partial charge < -0.3 is 14.6 Å². The molecule has 0 amide bonds. The van der Waals surface area contributed by atoms with E-state index in [1.165, 1.54) is 12.1 Å². The normalized spacial score (nSPS) is 12.7. The molecule has 0 unspecified atom stereocenters. The number of ether oxygens (including phenoxy) is 2. The minimum absolute atomic E-state index is 0.0250. The molecule has 2 N–H and O–H groups in total. The summed E-state index contributed by atoms with van der Waals surface area (Å²) in [5, 5.41) is 8.66. The molecule has 0 saturated carbocycles. The van der Waals surface area contributed by atoms with Gasteiger partial charge in [0.2, 0.25) is 10.0 Å². The van der Waals surface area contributed by atoms with Crippen LogP contribution < -0.4 is 9.46 Å². The number of carboxylic acid groups (broad SMARTS) is 1. The first-order valence-electron chi connectivity index (χ1n) is 10.2. The molecule has 0 heterocycles. The van der Waals surface area contributed by atoms with Gasteiger partial charge in [-0.3, -0.25) is 9.59 Å². The molecular formula is C23H29NO7S. The molecule has 2 aromatic carbocycles. The third kappa shape index (κ3) is 8.68. The fourth-order valence-electron chi connectivity index (χ4n) is 2.77. The van der Waals surface area contributed by atoms with Crippen molar-refractivity contribution < 1.29 is 32.6 Å². The highest BCUT2D eigenvalue weighted by Gasteiger charge is 2.30. The topological polar surface area (TPSA) is 119 Å². The number of aliphatic carboxylic acids is 1. The maximum absolute atomic E-state index is 12.8. The van der Waals surface area contributed by atoms with Gasteiger partial charge in [-0.1, -0.05) is 30.3 Å². The fraction of sp³-hybridized carbons (Fsp3) is 0.391. The average Bonchev–Trinajstić information content (AvgIpc) is 2.71. The van der Waals surface area contributed by atoms with E-state index in [1.54, 1.807) is 63.2 Å². The average molecular weight is 464 g/mol. The number of hydrogen-bond acceptors (Lipinski definition) is 6. The van der Waals surface area contributed by atoms with Crippen molar-refractivity contribution in [2.45, 2.75) is 56.6 Å². The van der Waals surface area contributed by atoms with E-state index in [2.05, 4.69) is 4.72 Å². The number of hydrogen-bond donors (Lipinski definition) is 2. The van der Waals surface area contributed by atoms with Gasteiger partial charge in [-0.25, -0.2) is 8.42 Å². The predicted octanol–water partition coefficient (Wildman–Crippen LogP) is 3.16. The number of carbonyl (C=O) groups excluding carboxylic acids is 1. The first-order chi connectivity index (χ1) is 15.0. The molecule has 8 nitrogen and oxygen atoms in total. The van der Waals surface area contributed by atoms with Gasteiger partial charge >= 0.3 is 11.9 Å². The zero-order chi connectivity index (χ0) is 23.8. The molecule has 0 aromatic heterocycles. The van der Waals surface area contributed by atoms with Crippen LogP contribution in [0, 0.1) is 0 Å². The molecule has 0 aliphatic heterocycles. The predicted molar refractivity (Wildman–Crippen MR) is 119 cm³/mol. The van der Waals surface area contributed by atoms with Crippen LogP contribution in [0.3, 0.4) is 0 Å². The summed E-state index contributed by atoms with van der Waals surface area (Å²) < 4.78 is 38.9. The summed E-state index contributed by atoms with van der Waals surface area (Å²) in [5.41, 5.74) is -0.0734. The van der Waals surface area contributed by atoms with Crippen molar-refractivity contribution in [2.24, 2.45) is 0 Å². The van der Waals surface area contributed by atoms with Crippen LogP contribution in [0.25, 0.3) is 0 Å². The molecule has 0 saturated heterocycles. The quantitative estimate of drug-likeness (QED) is 0.388. The Kier molecular flexibility index (Phi) is 8.80. The highest BCUT2D eigenvalue weighted by Crippen LogP contribution is 2.17. The molecule has 1 atom stereocenters. The molecular weight excluding hydrogens is 434 g/mol. The van der Waals surface area contributed by atoms with E-state index in [9.17, 15) is 18.0 Å². The Bertz CT molecular complexity index is 997. The standard InChI is InChI=1S/C23H29NO7S/c1-23(2,3)31-22(27)20(24-32(28,29)19-8-5-4-6-9-19)16-17-11-13-18(14-12-17)30-15-7-10-21(25)26/h4-6,8-9,11-14,20,24H,7,10,15-16H2,1-3H3,(H,25,26)/t20-/m0/s1. The fourth-order valence-corrected chi connectivity index (χ4v) is 3.98. The minimum Gasteiger partial charge on any atom is -0.494 e. The van der Waals surface area contributed by atoms with Crippen LogP contribution in [0.5, 0.6) is 5.75 Å². The molecule has 2 aromatic rings. The molecule has 9 heteroatoms. The lowest BCUT2D eigenvalue weighted by molar-refractivity contribution is -0.156. The van der Waals surface area contributed by atoms with Crippen molar-refractivity contribution in [2.75, 3.05) is 6.61 Å². The van der Waals surface area contributed by atoms with E-state index in [-0.39, 0.29) is 24.3 Å². The Morgan fingerprint density at radius 1 is 1.03 bits per heavy atom. The molecule has 0 fully saturated rings. The van der Waals surface area contributed by atoms with Crippen molar-refractivity contribution in [1.82, 2.24) is 4.72 Å². The van der Waals surface area contributed by atoms with Crippen molar-refractivity contribution in [1.29, 1.82) is 0 Å². The summed E-state index contributed by atoms with van der Waals surface area (Å²) >= 11 is 0. The molecule has 0 bridgehead atoms. The Morgan fingerprint density at radius 3 is 2.22 bits per heavy atom. The van der Waals surface area contributed by atoms with E-state index in [4.69, 9.17) is 14.6 Å².